The van der Waals surface area contributed by atoms with Crippen molar-refractivity contribution < 1.29 is 27.9 Å². The first-order valence-electron chi connectivity index (χ1n) is 9.36. The Balaban J connectivity index is 2.51. The van der Waals surface area contributed by atoms with Gasteiger partial charge in [-0.3, -0.25) is 10.0 Å². The van der Waals surface area contributed by atoms with Gasteiger partial charge in [0.1, 0.15) is 11.8 Å². The van der Waals surface area contributed by atoms with Crippen molar-refractivity contribution in [2.45, 2.75) is 43.9 Å². The van der Waals surface area contributed by atoms with Gasteiger partial charge in [0.25, 0.3) is 5.91 Å². The normalized spacial score (nSPS) is 13.1. The van der Waals surface area contributed by atoms with Crippen LogP contribution in [-0.2, 0) is 26.1 Å². The van der Waals surface area contributed by atoms with Crippen molar-refractivity contribution in [1.82, 2.24) is 9.79 Å². The molecule has 0 bridgehead atoms. The summed E-state index contributed by atoms with van der Waals surface area (Å²) in [6.45, 7) is 5.06. The fourth-order valence-electron chi connectivity index (χ4n) is 2.70. The Hall–Kier alpha value is -2.46. The third-order valence-electron chi connectivity index (χ3n) is 4.28. The number of hydroxylamine groups is 1. The van der Waals surface area contributed by atoms with Crippen LogP contribution < -0.4 is 10.2 Å². The Morgan fingerprint density at radius 2 is 1.70 bits per heavy atom. The van der Waals surface area contributed by atoms with Crippen molar-refractivity contribution in [3.63, 3.8) is 0 Å². The van der Waals surface area contributed by atoms with Gasteiger partial charge in [-0.2, -0.15) is 4.31 Å². The van der Waals surface area contributed by atoms with Crippen molar-refractivity contribution in [1.29, 1.82) is 0 Å². The largest absolute Gasteiger partial charge is 0.497 e. The Kier molecular flexibility index (Phi) is 7.96. The van der Waals surface area contributed by atoms with Gasteiger partial charge in [0.15, 0.2) is 0 Å². The van der Waals surface area contributed by atoms with Gasteiger partial charge in [0, 0.05) is 6.54 Å². The van der Waals surface area contributed by atoms with E-state index in [2.05, 4.69) is 0 Å². The number of rotatable bonds is 9. The van der Waals surface area contributed by atoms with Gasteiger partial charge in [-0.05, 0) is 50.6 Å². The molecule has 0 radical (unpaired) electrons. The summed E-state index contributed by atoms with van der Waals surface area (Å²) < 4.78 is 38.8. The van der Waals surface area contributed by atoms with Crippen molar-refractivity contribution in [2.75, 3.05) is 13.7 Å². The van der Waals surface area contributed by atoms with Crippen LogP contribution in [0, 0.1) is 0 Å². The van der Waals surface area contributed by atoms with E-state index in [1.165, 1.54) is 31.4 Å². The molecule has 0 aromatic heterocycles. The third kappa shape index (κ3) is 6.27. The lowest BCUT2D eigenvalue weighted by Gasteiger charge is -2.31. The summed E-state index contributed by atoms with van der Waals surface area (Å²) in [7, 11) is -2.64. The van der Waals surface area contributed by atoms with Crippen molar-refractivity contribution in [3.05, 3.63) is 60.2 Å². The van der Waals surface area contributed by atoms with Gasteiger partial charge >= 0.3 is 0 Å². The van der Waals surface area contributed by atoms with E-state index in [4.69, 9.17) is 9.47 Å². The van der Waals surface area contributed by atoms with Crippen LogP contribution in [0.5, 0.6) is 5.75 Å². The molecule has 1 amide bonds. The molecule has 9 heteroatoms. The van der Waals surface area contributed by atoms with Crippen LogP contribution in [0.3, 0.4) is 0 Å². The highest BCUT2D eigenvalue weighted by molar-refractivity contribution is 7.89. The number of ether oxygens (including phenoxy) is 2. The van der Waals surface area contributed by atoms with Crippen LogP contribution in [0.25, 0.3) is 0 Å². The zero-order valence-electron chi connectivity index (χ0n) is 17.5. The topological polar surface area (TPSA) is 105 Å². The van der Waals surface area contributed by atoms with E-state index in [9.17, 15) is 18.4 Å². The minimum absolute atomic E-state index is 0.00858. The van der Waals surface area contributed by atoms with Crippen molar-refractivity contribution in [3.8, 4) is 5.75 Å². The van der Waals surface area contributed by atoms with Crippen molar-refractivity contribution in [2.24, 2.45) is 0 Å². The Bertz CT molecular complexity index is 924. The smallest absolute Gasteiger partial charge is 0.264 e. The number of carbonyl (C=O) groups is 1. The van der Waals surface area contributed by atoms with Crippen LogP contribution in [0.4, 0.5) is 0 Å². The summed E-state index contributed by atoms with van der Waals surface area (Å²) in [5.74, 6) is -0.378. The number of carbonyl (C=O) groups excluding carboxylic acids is 1. The Labute approximate surface area is 177 Å². The minimum atomic E-state index is -4.12. The predicted molar refractivity (Wildman–Crippen MR) is 112 cm³/mol. The van der Waals surface area contributed by atoms with Gasteiger partial charge in [0.05, 0.1) is 24.2 Å². The SMILES string of the molecule is COc1ccc(S(=O)(=O)N(Cc2ccccc2)[C@H](COC(C)(C)C)C(=O)NO)cc1. The average Bonchev–Trinajstić information content (AvgIpc) is 2.72. The number of hydrogen-bond donors (Lipinski definition) is 2. The molecular weight excluding hydrogens is 408 g/mol. The average molecular weight is 437 g/mol. The third-order valence-corrected chi connectivity index (χ3v) is 6.15. The molecule has 2 aromatic rings. The molecule has 0 heterocycles. The second-order valence-electron chi connectivity index (χ2n) is 7.63. The lowest BCUT2D eigenvalue weighted by Crippen LogP contribution is -2.51. The van der Waals surface area contributed by atoms with E-state index in [1.807, 2.05) is 6.07 Å². The number of benzene rings is 2. The Morgan fingerprint density at radius 3 is 2.20 bits per heavy atom. The number of methoxy groups -OCH3 is 1. The van der Waals surface area contributed by atoms with E-state index < -0.39 is 27.6 Å². The standard InChI is InChI=1S/C21H28N2O6S/c1-21(2,3)29-15-19(20(24)22-25)23(14-16-8-6-5-7-9-16)30(26,27)18-12-10-17(28-4)11-13-18/h5-13,19,25H,14-15H2,1-4H3,(H,22,24)/t19-/m1/s1. The van der Waals surface area contributed by atoms with Crippen LogP contribution in [0.15, 0.2) is 59.5 Å². The second kappa shape index (κ2) is 10.0. The molecule has 0 saturated carbocycles. The maximum atomic E-state index is 13.5. The molecule has 0 spiro atoms. The molecule has 2 N–H and O–H groups in total. The fourth-order valence-corrected chi connectivity index (χ4v) is 4.26. The molecule has 0 aliphatic rings. The lowest BCUT2D eigenvalue weighted by atomic mass is 10.2. The van der Waals surface area contributed by atoms with Crippen molar-refractivity contribution >= 4 is 15.9 Å². The molecule has 8 nitrogen and oxygen atoms in total. The predicted octanol–water partition coefficient (Wildman–Crippen LogP) is 2.58. The quantitative estimate of drug-likeness (QED) is 0.462. The maximum absolute atomic E-state index is 13.5. The van der Waals surface area contributed by atoms with E-state index in [0.717, 1.165) is 4.31 Å². The maximum Gasteiger partial charge on any atom is 0.264 e. The van der Waals surface area contributed by atoms with Gasteiger partial charge in [-0.25, -0.2) is 13.9 Å². The summed E-state index contributed by atoms with van der Waals surface area (Å²) in [6.07, 6.45) is 0. The van der Waals surface area contributed by atoms with Crippen LogP contribution in [0.1, 0.15) is 26.3 Å². The summed E-state index contributed by atoms with van der Waals surface area (Å²) in [4.78, 5) is 12.5. The molecule has 1 atom stereocenters. The number of nitrogens with one attached hydrogen (secondary N) is 1. The molecule has 0 unspecified atom stereocenters. The highest BCUT2D eigenvalue weighted by Gasteiger charge is 2.37. The summed E-state index contributed by atoms with van der Waals surface area (Å²) in [6, 6.07) is 13.5. The van der Waals surface area contributed by atoms with Gasteiger partial charge in [-0.15, -0.1) is 0 Å². The van der Waals surface area contributed by atoms with E-state index in [1.54, 1.807) is 50.5 Å². The van der Waals surface area contributed by atoms with Crippen LogP contribution >= 0.6 is 0 Å². The fraction of sp³-hybridized carbons (Fsp3) is 0.381. The first kappa shape index (κ1) is 23.8. The molecule has 2 rings (SSSR count). The molecule has 0 aliphatic carbocycles. The minimum Gasteiger partial charge on any atom is -0.497 e. The molecule has 0 saturated heterocycles. The number of hydrogen-bond acceptors (Lipinski definition) is 6. The second-order valence-corrected chi connectivity index (χ2v) is 9.52. The highest BCUT2D eigenvalue weighted by Crippen LogP contribution is 2.24. The Morgan fingerprint density at radius 1 is 1.10 bits per heavy atom. The summed E-state index contributed by atoms with van der Waals surface area (Å²) >= 11 is 0. The van der Waals surface area contributed by atoms with Crippen LogP contribution in [0.2, 0.25) is 0 Å². The summed E-state index contributed by atoms with van der Waals surface area (Å²) in [5.41, 5.74) is 1.63. The monoisotopic (exact) mass is 436 g/mol. The molecule has 0 fully saturated rings. The van der Waals surface area contributed by atoms with E-state index >= 15 is 0 Å². The van der Waals surface area contributed by atoms with Gasteiger partial charge in [-0.1, -0.05) is 30.3 Å². The number of amides is 1. The lowest BCUT2D eigenvalue weighted by molar-refractivity contribution is -0.137. The first-order valence-corrected chi connectivity index (χ1v) is 10.8. The molecule has 164 valence electrons. The molecule has 0 aliphatic heterocycles. The zero-order chi connectivity index (χ0) is 22.4. The number of nitrogens with zero attached hydrogens (tertiary/aromatic N) is 1. The number of sulfonamides is 1. The zero-order valence-corrected chi connectivity index (χ0v) is 18.3. The van der Waals surface area contributed by atoms with Gasteiger partial charge < -0.3 is 9.47 Å². The van der Waals surface area contributed by atoms with Crippen LogP contribution in [-0.4, -0.2) is 49.2 Å². The first-order chi connectivity index (χ1) is 14.1. The van der Waals surface area contributed by atoms with Gasteiger partial charge in [0.2, 0.25) is 10.0 Å². The molecular formula is C21H28N2O6S. The van der Waals surface area contributed by atoms with E-state index in [-0.39, 0.29) is 18.0 Å². The highest BCUT2D eigenvalue weighted by atomic mass is 32.2. The van der Waals surface area contributed by atoms with E-state index in [0.29, 0.717) is 11.3 Å². The summed E-state index contributed by atoms with van der Waals surface area (Å²) in [5, 5.41) is 9.26. The molecule has 30 heavy (non-hydrogen) atoms. The molecule has 2 aromatic carbocycles.